The maximum atomic E-state index is 5.55. The quantitative estimate of drug-likeness (QED) is 0.675. The van der Waals surface area contributed by atoms with Gasteiger partial charge in [-0.05, 0) is 12.1 Å². The largest absolute Gasteiger partial charge is 0.368 e. The van der Waals surface area contributed by atoms with Crippen LogP contribution in [0.1, 0.15) is 5.69 Å². The third kappa shape index (κ3) is 2.09. The Morgan fingerprint density at radius 1 is 1.53 bits per heavy atom. The van der Waals surface area contributed by atoms with Crippen molar-refractivity contribution in [2.45, 2.75) is 6.42 Å². The van der Waals surface area contributed by atoms with E-state index in [4.69, 9.17) is 5.73 Å². The highest BCUT2D eigenvalue weighted by atomic mass is 15.4. The molecule has 80 valence electrons. The number of nitrogens with two attached hydrogens (primary N) is 1. The van der Waals surface area contributed by atoms with Gasteiger partial charge in [-0.2, -0.15) is 0 Å². The Balaban J connectivity index is 1.86. The van der Waals surface area contributed by atoms with E-state index < -0.39 is 0 Å². The number of aromatic nitrogens is 4. The summed E-state index contributed by atoms with van der Waals surface area (Å²) in [7, 11) is 1.83. The fraction of sp³-hybridized carbons (Fsp3) is 0.333. The minimum atomic E-state index is 0.414. The fourth-order valence-electron chi connectivity index (χ4n) is 1.33. The molecule has 0 aliphatic carbocycles. The van der Waals surface area contributed by atoms with Gasteiger partial charge >= 0.3 is 0 Å². The zero-order chi connectivity index (χ0) is 10.7. The molecule has 2 aromatic heterocycles. The molecule has 2 aromatic rings. The zero-order valence-corrected chi connectivity index (χ0v) is 8.57. The first-order chi connectivity index (χ1) is 7.27. The first-order valence-corrected chi connectivity index (χ1v) is 4.78. The highest BCUT2D eigenvalue weighted by Gasteiger charge is 2.03. The third-order valence-corrected chi connectivity index (χ3v) is 2.25. The van der Waals surface area contributed by atoms with Gasteiger partial charge in [0.15, 0.2) is 0 Å². The summed E-state index contributed by atoms with van der Waals surface area (Å²) in [5, 5.41) is 10.8. The molecule has 6 nitrogen and oxygen atoms in total. The minimum absolute atomic E-state index is 0.414. The van der Waals surface area contributed by atoms with Gasteiger partial charge in [-0.1, -0.05) is 0 Å². The van der Waals surface area contributed by atoms with Crippen LogP contribution in [-0.4, -0.2) is 26.3 Å². The van der Waals surface area contributed by atoms with Gasteiger partial charge in [-0.25, -0.2) is 0 Å². The van der Waals surface area contributed by atoms with Crippen LogP contribution >= 0.6 is 0 Å². The summed E-state index contributed by atoms with van der Waals surface area (Å²) < 4.78 is 1.72. The molecule has 0 spiro atoms. The molecule has 0 aromatic carbocycles. The average molecular weight is 206 g/mol. The Morgan fingerprint density at radius 3 is 3.00 bits per heavy atom. The van der Waals surface area contributed by atoms with E-state index in [1.54, 1.807) is 4.57 Å². The van der Waals surface area contributed by atoms with Gasteiger partial charge < -0.3 is 16.0 Å². The highest BCUT2D eigenvalue weighted by molar-refractivity contribution is 5.33. The van der Waals surface area contributed by atoms with Crippen molar-refractivity contribution >= 4 is 11.9 Å². The van der Waals surface area contributed by atoms with Crippen LogP contribution in [0.5, 0.6) is 0 Å². The lowest BCUT2D eigenvalue weighted by atomic mass is 10.3. The van der Waals surface area contributed by atoms with Crippen LogP contribution in [0.15, 0.2) is 18.3 Å². The van der Waals surface area contributed by atoms with Gasteiger partial charge in [0, 0.05) is 31.9 Å². The van der Waals surface area contributed by atoms with Gasteiger partial charge in [-0.3, -0.25) is 4.57 Å². The number of hydrogen-bond acceptors (Lipinski definition) is 4. The average Bonchev–Trinajstić information content (AvgIpc) is 2.83. The molecular formula is C9H14N6. The lowest BCUT2D eigenvalue weighted by molar-refractivity contribution is 0.890. The number of aromatic amines is 1. The number of H-pyrrole nitrogens is 1. The van der Waals surface area contributed by atoms with Gasteiger partial charge in [0.2, 0.25) is 11.9 Å². The molecule has 0 fully saturated rings. The van der Waals surface area contributed by atoms with E-state index in [2.05, 4.69) is 20.5 Å². The number of nitrogens with one attached hydrogen (secondary N) is 2. The van der Waals surface area contributed by atoms with Crippen LogP contribution in [0.25, 0.3) is 0 Å². The first kappa shape index (κ1) is 9.57. The molecule has 0 atom stereocenters. The van der Waals surface area contributed by atoms with E-state index in [1.165, 1.54) is 5.69 Å². The predicted molar refractivity (Wildman–Crippen MR) is 58.4 cm³/mol. The van der Waals surface area contributed by atoms with E-state index in [0.717, 1.165) is 13.0 Å². The normalized spacial score (nSPS) is 10.5. The third-order valence-electron chi connectivity index (χ3n) is 2.25. The van der Waals surface area contributed by atoms with Crippen molar-refractivity contribution in [2.75, 3.05) is 17.6 Å². The summed E-state index contributed by atoms with van der Waals surface area (Å²) in [6.07, 6.45) is 2.83. The predicted octanol–water partition coefficient (Wildman–Crippen LogP) is 0.380. The Kier molecular flexibility index (Phi) is 2.57. The van der Waals surface area contributed by atoms with Gasteiger partial charge in [0.05, 0.1) is 0 Å². The lowest BCUT2D eigenvalue weighted by Crippen LogP contribution is -2.10. The zero-order valence-electron chi connectivity index (χ0n) is 8.57. The molecule has 0 bridgehead atoms. The molecule has 0 aliphatic heterocycles. The van der Waals surface area contributed by atoms with Crippen LogP contribution in [0.2, 0.25) is 0 Å². The lowest BCUT2D eigenvalue weighted by Gasteiger charge is -2.04. The Labute approximate surface area is 87.5 Å². The van der Waals surface area contributed by atoms with E-state index in [9.17, 15) is 0 Å². The second kappa shape index (κ2) is 4.04. The van der Waals surface area contributed by atoms with Crippen molar-refractivity contribution in [1.82, 2.24) is 19.7 Å². The summed E-state index contributed by atoms with van der Waals surface area (Å²) in [5.74, 6) is 1.11. The molecule has 15 heavy (non-hydrogen) atoms. The Morgan fingerprint density at radius 2 is 2.40 bits per heavy atom. The van der Waals surface area contributed by atoms with E-state index in [1.807, 2.05) is 25.4 Å². The standard InChI is InChI=1S/C9H14N6/c1-15-8(10)13-14-9(15)12-6-4-7-3-2-5-11-7/h2-3,5,11H,4,6H2,1H3,(H2,10,13)(H,12,14). The van der Waals surface area contributed by atoms with Crippen LogP contribution in [0.3, 0.4) is 0 Å². The molecule has 0 aliphatic rings. The van der Waals surface area contributed by atoms with Gasteiger partial charge in [0.1, 0.15) is 0 Å². The molecule has 0 saturated heterocycles. The van der Waals surface area contributed by atoms with Crippen molar-refractivity contribution in [1.29, 1.82) is 0 Å². The van der Waals surface area contributed by atoms with Crippen molar-refractivity contribution in [3.05, 3.63) is 24.0 Å². The highest BCUT2D eigenvalue weighted by Crippen LogP contribution is 2.05. The maximum Gasteiger partial charge on any atom is 0.225 e. The molecule has 4 N–H and O–H groups in total. The van der Waals surface area contributed by atoms with E-state index >= 15 is 0 Å². The molecule has 2 heterocycles. The van der Waals surface area contributed by atoms with Crippen LogP contribution in [0.4, 0.5) is 11.9 Å². The summed E-state index contributed by atoms with van der Waals surface area (Å²) >= 11 is 0. The van der Waals surface area contributed by atoms with Crippen molar-refractivity contribution in [3.8, 4) is 0 Å². The monoisotopic (exact) mass is 206 g/mol. The fourth-order valence-corrected chi connectivity index (χ4v) is 1.33. The second-order valence-electron chi connectivity index (χ2n) is 3.31. The molecule has 0 radical (unpaired) electrons. The number of hydrogen-bond donors (Lipinski definition) is 3. The summed E-state index contributed by atoms with van der Waals surface area (Å²) in [6.45, 7) is 0.798. The smallest absolute Gasteiger partial charge is 0.225 e. The van der Waals surface area contributed by atoms with Gasteiger partial charge in [0.25, 0.3) is 0 Å². The molecule has 0 unspecified atom stereocenters. The molecule has 2 rings (SSSR count). The summed E-state index contributed by atoms with van der Waals surface area (Å²) in [5.41, 5.74) is 6.74. The summed E-state index contributed by atoms with van der Waals surface area (Å²) in [4.78, 5) is 3.14. The maximum absolute atomic E-state index is 5.55. The molecule has 6 heteroatoms. The number of nitrogens with zero attached hydrogens (tertiary/aromatic N) is 3. The van der Waals surface area contributed by atoms with E-state index in [-0.39, 0.29) is 0 Å². The van der Waals surface area contributed by atoms with Gasteiger partial charge in [-0.15, -0.1) is 10.2 Å². The first-order valence-electron chi connectivity index (χ1n) is 4.78. The topological polar surface area (TPSA) is 84.6 Å². The Bertz CT molecular complexity index is 416. The van der Waals surface area contributed by atoms with Crippen LogP contribution in [-0.2, 0) is 13.5 Å². The molecule has 0 amide bonds. The Hall–Kier alpha value is -1.98. The van der Waals surface area contributed by atoms with Crippen molar-refractivity contribution in [2.24, 2.45) is 7.05 Å². The number of rotatable bonds is 4. The minimum Gasteiger partial charge on any atom is -0.368 e. The summed E-state index contributed by atoms with van der Waals surface area (Å²) in [6, 6.07) is 4.03. The molecule has 0 saturated carbocycles. The van der Waals surface area contributed by atoms with Crippen molar-refractivity contribution < 1.29 is 0 Å². The van der Waals surface area contributed by atoms with Crippen LogP contribution < -0.4 is 11.1 Å². The second-order valence-corrected chi connectivity index (χ2v) is 3.31. The number of nitrogen functional groups attached to an aromatic ring is 1. The van der Waals surface area contributed by atoms with Crippen molar-refractivity contribution in [3.63, 3.8) is 0 Å². The van der Waals surface area contributed by atoms with E-state index in [0.29, 0.717) is 11.9 Å². The van der Waals surface area contributed by atoms with Crippen LogP contribution in [0, 0.1) is 0 Å². The number of anilines is 2. The SMILES string of the molecule is Cn1c(N)nnc1NCCc1ccc[nH]1. The molecular weight excluding hydrogens is 192 g/mol.